The summed E-state index contributed by atoms with van der Waals surface area (Å²) in [6.45, 7) is 5.81. The fourth-order valence-electron chi connectivity index (χ4n) is 1.70. The third kappa shape index (κ3) is 3.54. The van der Waals surface area contributed by atoms with E-state index in [0.717, 1.165) is 5.56 Å². The summed E-state index contributed by atoms with van der Waals surface area (Å²) >= 11 is 0. The number of aryl methyl sites for hydroxylation is 1. The zero-order valence-corrected chi connectivity index (χ0v) is 11.8. The molecule has 0 radical (unpaired) electrons. The highest BCUT2D eigenvalue weighted by Gasteiger charge is 2.23. The van der Waals surface area contributed by atoms with Crippen LogP contribution in [0.5, 0.6) is 0 Å². The van der Waals surface area contributed by atoms with Crippen molar-refractivity contribution in [3.05, 3.63) is 35.4 Å². The van der Waals surface area contributed by atoms with Gasteiger partial charge < -0.3 is 0 Å². The summed E-state index contributed by atoms with van der Waals surface area (Å²) in [6.07, 6.45) is 0.646. The third-order valence-electron chi connectivity index (χ3n) is 3.01. The van der Waals surface area contributed by atoms with E-state index < -0.39 is 10.0 Å². The van der Waals surface area contributed by atoms with Crippen molar-refractivity contribution in [2.24, 2.45) is 0 Å². The molecule has 0 amide bonds. The van der Waals surface area contributed by atoms with Crippen molar-refractivity contribution in [1.82, 2.24) is 4.31 Å². The maximum atomic E-state index is 11.9. The average Bonchev–Trinajstić information content (AvgIpc) is 2.28. The highest BCUT2D eigenvalue weighted by atomic mass is 32.2. The molecule has 0 aliphatic heterocycles. The van der Waals surface area contributed by atoms with Gasteiger partial charge in [-0.1, -0.05) is 36.8 Å². The standard InChI is InChI=1S/C13H21NO2S/c1-5-10-17(15,16)14(4)12(3)13-8-6-11(2)7-9-13/h6-9,12H,5,10H2,1-4H3. The van der Waals surface area contributed by atoms with Gasteiger partial charge in [0.1, 0.15) is 0 Å². The number of sulfonamides is 1. The summed E-state index contributed by atoms with van der Waals surface area (Å²) in [6, 6.07) is 7.86. The van der Waals surface area contributed by atoms with Gasteiger partial charge in [-0.25, -0.2) is 8.42 Å². The average molecular weight is 255 g/mol. The van der Waals surface area contributed by atoms with Crippen molar-refractivity contribution in [3.8, 4) is 0 Å². The van der Waals surface area contributed by atoms with Gasteiger partial charge in [0.2, 0.25) is 10.0 Å². The fraction of sp³-hybridized carbons (Fsp3) is 0.538. The van der Waals surface area contributed by atoms with E-state index in [0.29, 0.717) is 6.42 Å². The fourth-order valence-corrected chi connectivity index (χ4v) is 3.11. The number of benzene rings is 1. The molecular weight excluding hydrogens is 234 g/mol. The van der Waals surface area contributed by atoms with Gasteiger partial charge in [-0.05, 0) is 25.8 Å². The SMILES string of the molecule is CCCS(=O)(=O)N(C)C(C)c1ccc(C)cc1. The first-order valence-corrected chi connectivity index (χ1v) is 7.51. The lowest BCUT2D eigenvalue weighted by molar-refractivity contribution is 0.398. The Balaban J connectivity index is 2.90. The Morgan fingerprint density at radius 3 is 2.24 bits per heavy atom. The zero-order chi connectivity index (χ0) is 13.1. The lowest BCUT2D eigenvalue weighted by Gasteiger charge is -2.24. The maximum absolute atomic E-state index is 11.9. The van der Waals surface area contributed by atoms with Gasteiger partial charge >= 0.3 is 0 Å². The van der Waals surface area contributed by atoms with Crippen molar-refractivity contribution in [2.75, 3.05) is 12.8 Å². The molecule has 0 aliphatic carbocycles. The maximum Gasteiger partial charge on any atom is 0.214 e. The molecule has 0 fully saturated rings. The number of nitrogens with zero attached hydrogens (tertiary/aromatic N) is 1. The zero-order valence-electron chi connectivity index (χ0n) is 11.0. The molecule has 96 valence electrons. The number of hydrogen-bond donors (Lipinski definition) is 0. The first-order valence-electron chi connectivity index (χ1n) is 5.90. The van der Waals surface area contributed by atoms with Gasteiger partial charge in [-0.3, -0.25) is 0 Å². The van der Waals surface area contributed by atoms with E-state index in [1.807, 2.05) is 45.0 Å². The second kappa shape index (κ2) is 5.65. The topological polar surface area (TPSA) is 37.4 Å². The molecule has 3 nitrogen and oxygen atoms in total. The van der Waals surface area contributed by atoms with Gasteiger partial charge in [0.15, 0.2) is 0 Å². The molecule has 0 saturated carbocycles. The molecule has 0 aromatic heterocycles. The number of rotatable bonds is 5. The summed E-state index contributed by atoms with van der Waals surface area (Å²) in [7, 11) is -1.49. The van der Waals surface area contributed by atoms with E-state index in [9.17, 15) is 8.42 Å². The lowest BCUT2D eigenvalue weighted by Crippen LogP contribution is -2.31. The summed E-state index contributed by atoms with van der Waals surface area (Å²) < 4.78 is 25.3. The molecule has 0 spiro atoms. The number of hydrogen-bond acceptors (Lipinski definition) is 2. The summed E-state index contributed by atoms with van der Waals surface area (Å²) in [5.74, 6) is 0.208. The second-order valence-corrected chi connectivity index (χ2v) is 6.57. The highest BCUT2D eigenvalue weighted by Crippen LogP contribution is 2.22. The van der Waals surface area contributed by atoms with Crippen LogP contribution >= 0.6 is 0 Å². The van der Waals surface area contributed by atoms with Crippen molar-refractivity contribution in [3.63, 3.8) is 0 Å². The van der Waals surface area contributed by atoms with E-state index >= 15 is 0 Å². The summed E-state index contributed by atoms with van der Waals surface area (Å²) in [5.41, 5.74) is 2.21. The molecule has 0 saturated heterocycles. The lowest BCUT2D eigenvalue weighted by atomic mass is 10.1. The van der Waals surface area contributed by atoms with Gasteiger partial charge in [0.25, 0.3) is 0 Å². The Labute approximate surface area is 105 Å². The van der Waals surface area contributed by atoms with Crippen LogP contribution < -0.4 is 0 Å². The first kappa shape index (κ1) is 14.2. The smallest absolute Gasteiger partial charge is 0.212 e. The van der Waals surface area contributed by atoms with E-state index in [-0.39, 0.29) is 11.8 Å². The Bertz CT molecular complexity index is 451. The van der Waals surface area contributed by atoms with Crippen LogP contribution in [0.3, 0.4) is 0 Å². The Hall–Kier alpha value is -0.870. The summed E-state index contributed by atoms with van der Waals surface area (Å²) in [5, 5.41) is 0. The molecule has 17 heavy (non-hydrogen) atoms. The van der Waals surface area contributed by atoms with Crippen molar-refractivity contribution in [1.29, 1.82) is 0 Å². The second-order valence-electron chi connectivity index (χ2n) is 4.42. The van der Waals surface area contributed by atoms with Gasteiger partial charge in [0, 0.05) is 13.1 Å². The molecule has 1 atom stereocenters. The van der Waals surface area contributed by atoms with Crippen molar-refractivity contribution >= 4 is 10.0 Å². The molecule has 1 rings (SSSR count). The molecule has 1 unspecified atom stereocenters. The Morgan fingerprint density at radius 1 is 1.24 bits per heavy atom. The largest absolute Gasteiger partial charge is 0.214 e. The Kier molecular flexibility index (Phi) is 4.71. The van der Waals surface area contributed by atoms with Crippen LogP contribution in [0.4, 0.5) is 0 Å². The van der Waals surface area contributed by atoms with Crippen LogP contribution in [0.15, 0.2) is 24.3 Å². The third-order valence-corrected chi connectivity index (χ3v) is 5.12. The van der Waals surface area contributed by atoms with Crippen molar-refractivity contribution in [2.45, 2.75) is 33.2 Å². The predicted molar refractivity (Wildman–Crippen MR) is 71.4 cm³/mol. The molecular formula is C13H21NO2S. The molecule has 1 aromatic rings. The normalized spacial score (nSPS) is 13.9. The molecule has 0 heterocycles. The molecule has 1 aromatic carbocycles. The molecule has 4 heteroatoms. The van der Waals surface area contributed by atoms with Crippen molar-refractivity contribution < 1.29 is 8.42 Å². The molecule has 0 N–H and O–H groups in total. The van der Waals surface area contributed by atoms with E-state index in [1.54, 1.807) is 7.05 Å². The van der Waals surface area contributed by atoms with E-state index in [1.165, 1.54) is 9.87 Å². The minimum Gasteiger partial charge on any atom is -0.212 e. The molecule has 0 bridgehead atoms. The monoisotopic (exact) mass is 255 g/mol. The van der Waals surface area contributed by atoms with Crippen LogP contribution in [0.1, 0.15) is 37.4 Å². The Morgan fingerprint density at radius 2 is 1.76 bits per heavy atom. The van der Waals surface area contributed by atoms with Gasteiger partial charge in [-0.2, -0.15) is 4.31 Å². The minimum atomic E-state index is -3.13. The van der Waals surface area contributed by atoms with Crippen LogP contribution in [0.2, 0.25) is 0 Å². The predicted octanol–water partition coefficient (Wildman–Crippen LogP) is 2.73. The van der Waals surface area contributed by atoms with Gasteiger partial charge in [-0.15, -0.1) is 0 Å². The van der Waals surface area contributed by atoms with Crippen LogP contribution in [0, 0.1) is 6.92 Å². The highest BCUT2D eigenvalue weighted by molar-refractivity contribution is 7.89. The first-order chi connectivity index (χ1) is 7.88. The summed E-state index contributed by atoms with van der Waals surface area (Å²) in [4.78, 5) is 0. The van der Waals surface area contributed by atoms with Crippen LogP contribution in [0.25, 0.3) is 0 Å². The quantitative estimate of drug-likeness (QED) is 0.811. The van der Waals surface area contributed by atoms with Crippen LogP contribution in [-0.4, -0.2) is 25.5 Å². The van der Waals surface area contributed by atoms with Gasteiger partial charge in [0.05, 0.1) is 5.75 Å². The molecule has 0 aliphatic rings. The minimum absolute atomic E-state index is 0.118. The van der Waals surface area contributed by atoms with Crippen LogP contribution in [-0.2, 0) is 10.0 Å². The van der Waals surface area contributed by atoms with E-state index in [2.05, 4.69) is 0 Å². The van der Waals surface area contributed by atoms with E-state index in [4.69, 9.17) is 0 Å².